The van der Waals surface area contributed by atoms with Crippen LogP contribution in [0.5, 0.6) is 5.75 Å². The van der Waals surface area contributed by atoms with E-state index in [1.807, 2.05) is 39.0 Å². The first kappa shape index (κ1) is 25.0. The normalized spacial score (nSPS) is 19.6. The second kappa shape index (κ2) is 9.30. The molecule has 0 spiro atoms. The molecule has 1 saturated heterocycles. The minimum atomic E-state index is -0.639. The van der Waals surface area contributed by atoms with Gasteiger partial charge in [-0.1, -0.05) is 19.9 Å². The fourth-order valence-electron chi connectivity index (χ4n) is 4.79. The number of hydrogen-bond acceptors (Lipinski definition) is 8. The van der Waals surface area contributed by atoms with E-state index in [-0.39, 0.29) is 29.9 Å². The molecule has 2 aliphatic heterocycles. The number of benzene rings is 1. The number of esters is 1. The quantitative estimate of drug-likeness (QED) is 0.474. The van der Waals surface area contributed by atoms with E-state index in [2.05, 4.69) is 17.2 Å². The number of pyridine rings is 2. The van der Waals surface area contributed by atoms with Crippen LogP contribution in [0.1, 0.15) is 74.6 Å². The lowest BCUT2D eigenvalue weighted by Gasteiger charge is -2.38. The molecule has 0 saturated carbocycles. The molecule has 194 valence electrons. The van der Waals surface area contributed by atoms with Crippen LogP contribution < -0.4 is 15.8 Å². The number of anilines is 2. The van der Waals surface area contributed by atoms with Crippen molar-refractivity contribution in [3.8, 4) is 5.75 Å². The molecule has 37 heavy (non-hydrogen) atoms. The highest BCUT2D eigenvalue weighted by Crippen LogP contribution is 2.38. The van der Waals surface area contributed by atoms with Gasteiger partial charge in [0.2, 0.25) is 5.91 Å². The fraction of sp³-hybridized carbons (Fsp3) is 0.429. The van der Waals surface area contributed by atoms with Crippen LogP contribution in [0.3, 0.4) is 0 Å². The Morgan fingerprint density at radius 3 is 2.70 bits per heavy atom. The van der Waals surface area contributed by atoms with Crippen molar-refractivity contribution in [1.29, 1.82) is 0 Å². The van der Waals surface area contributed by atoms with Gasteiger partial charge in [0.1, 0.15) is 29.1 Å². The van der Waals surface area contributed by atoms with Gasteiger partial charge in [-0.3, -0.25) is 4.79 Å². The molecule has 4 heterocycles. The summed E-state index contributed by atoms with van der Waals surface area (Å²) in [6, 6.07) is 9.26. The summed E-state index contributed by atoms with van der Waals surface area (Å²) in [5, 5.41) is 5.11. The summed E-state index contributed by atoms with van der Waals surface area (Å²) in [4.78, 5) is 35.1. The maximum Gasteiger partial charge on any atom is 0.340 e. The highest BCUT2D eigenvalue weighted by atomic mass is 16.6. The number of nitrogens with one attached hydrogen (secondary N) is 1. The summed E-state index contributed by atoms with van der Waals surface area (Å²) in [7, 11) is 0. The molecule has 9 nitrogen and oxygen atoms in total. The lowest BCUT2D eigenvalue weighted by Crippen LogP contribution is -2.55. The van der Waals surface area contributed by atoms with E-state index in [1.165, 1.54) is 0 Å². The standard InChI is InChI=1S/C28H33N5O4/c1-6-22(29)18-7-9-23(36-17-13-33(14-17)16(3)34)21-12-30-25(11-20(18)21)31-24-10-8-19-26(32-24)15(2)28(4,5)37-27(19)35/h7-12,15,17,22H,6,13-14,29H2,1-5H3,(H,30,31,32)/t15-,22-/m1/s1. The average molecular weight is 504 g/mol. The van der Waals surface area contributed by atoms with Crippen molar-refractivity contribution in [2.24, 2.45) is 5.73 Å². The van der Waals surface area contributed by atoms with Crippen LogP contribution in [-0.4, -0.2) is 51.5 Å². The van der Waals surface area contributed by atoms with Gasteiger partial charge in [-0.15, -0.1) is 0 Å². The highest BCUT2D eigenvalue weighted by Gasteiger charge is 2.40. The number of ether oxygens (including phenoxy) is 2. The van der Waals surface area contributed by atoms with Crippen LogP contribution in [0.25, 0.3) is 10.8 Å². The molecule has 0 unspecified atom stereocenters. The maximum atomic E-state index is 12.4. The first-order chi connectivity index (χ1) is 17.6. The van der Waals surface area contributed by atoms with Crippen LogP contribution in [0.4, 0.5) is 11.6 Å². The van der Waals surface area contributed by atoms with E-state index in [9.17, 15) is 9.59 Å². The number of hydrogen-bond donors (Lipinski definition) is 2. The first-order valence-corrected chi connectivity index (χ1v) is 12.7. The predicted octanol–water partition coefficient (Wildman–Crippen LogP) is 4.45. The molecule has 2 atom stereocenters. The molecular formula is C28H33N5O4. The third-order valence-electron chi connectivity index (χ3n) is 7.53. The first-order valence-electron chi connectivity index (χ1n) is 12.7. The summed E-state index contributed by atoms with van der Waals surface area (Å²) < 4.78 is 11.8. The van der Waals surface area contributed by atoms with Crippen LogP contribution in [0, 0.1) is 0 Å². The van der Waals surface area contributed by atoms with Gasteiger partial charge in [0, 0.05) is 30.5 Å². The van der Waals surface area contributed by atoms with Gasteiger partial charge in [0.05, 0.1) is 24.3 Å². The van der Waals surface area contributed by atoms with E-state index in [4.69, 9.17) is 20.2 Å². The van der Waals surface area contributed by atoms with Gasteiger partial charge in [-0.05, 0) is 55.5 Å². The molecule has 2 aromatic heterocycles. The molecule has 3 N–H and O–H groups in total. The van der Waals surface area contributed by atoms with Gasteiger partial charge < -0.3 is 25.4 Å². The molecule has 3 aromatic rings. The van der Waals surface area contributed by atoms with Gasteiger partial charge in [-0.25, -0.2) is 14.8 Å². The monoisotopic (exact) mass is 503 g/mol. The minimum Gasteiger partial charge on any atom is -0.486 e. The number of rotatable bonds is 6. The van der Waals surface area contributed by atoms with Crippen molar-refractivity contribution in [3.63, 3.8) is 0 Å². The Kier molecular flexibility index (Phi) is 6.27. The minimum absolute atomic E-state index is 0.0479. The zero-order valence-electron chi connectivity index (χ0n) is 21.9. The van der Waals surface area contributed by atoms with Crippen molar-refractivity contribution in [3.05, 3.63) is 53.3 Å². The number of carbonyl (C=O) groups is 2. The smallest absolute Gasteiger partial charge is 0.340 e. The van der Waals surface area contributed by atoms with Crippen LogP contribution in [0.15, 0.2) is 36.5 Å². The number of nitrogens with zero attached hydrogens (tertiary/aromatic N) is 3. The summed E-state index contributed by atoms with van der Waals surface area (Å²) in [6.45, 7) is 10.6. The number of fused-ring (bicyclic) bond motifs is 2. The Labute approximate surface area is 216 Å². The van der Waals surface area contributed by atoms with E-state index in [0.717, 1.165) is 28.5 Å². The summed E-state index contributed by atoms with van der Waals surface area (Å²) in [5.41, 5.74) is 8.01. The van der Waals surface area contributed by atoms with E-state index in [1.54, 1.807) is 30.2 Å². The summed E-state index contributed by atoms with van der Waals surface area (Å²) >= 11 is 0. The highest BCUT2D eigenvalue weighted by molar-refractivity contribution is 5.94. The maximum absolute atomic E-state index is 12.4. The van der Waals surface area contributed by atoms with Crippen molar-refractivity contribution >= 4 is 34.3 Å². The van der Waals surface area contributed by atoms with Crippen molar-refractivity contribution < 1.29 is 19.1 Å². The number of amides is 1. The Balaban J connectivity index is 1.46. The molecule has 1 amide bonds. The Hall–Kier alpha value is -3.72. The number of aromatic nitrogens is 2. The molecular weight excluding hydrogens is 470 g/mol. The summed E-state index contributed by atoms with van der Waals surface area (Å²) in [6.07, 6.45) is 2.52. The average Bonchev–Trinajstić information content (AvgIpc) is 2.83. The molecule has 0 aliphatic carbocycles. The van der Waals surface area contributed by atoms with Crippen molar-refractivity contribution in [2.75, 3.05) is 18.4 Å². The molecule has 2 aliphatic rings. The van der Waals surface area contributed by atoms with Gasteiger partial charge in [0.15, 0.2) is 0 Å². The SMILES string of the molecule is CC[C@@H](N)c1ccc(OC2CN(C(C)=O)C2)c2cnc(Nc3ccc4c(n3)[C@@H](C)C(C)(C)OC4=O)cc12. The lowest BCUT2D eigenvalue weighted by molar-refractivity contribution is -0.137. The van der Waals surface area contributed by atoms with Crippen molar-refractivity contribution in [2.45, 2.75) is 64.7 Å². The topological polar surface area (TPSA) is 120 Å². The Bertz CT molecular complexity index is 1380. The Morgan fingerprint density at radius 1 is 1.24 bits per heavy atom. The number of likely N-dealkylation sites (tertiary alicyclic amines) is 1. The van der Waals surface area contributed by atoms with Crippen molar-refractivity contribution in [1.82, 2.24) is 14.9 Å². The van der Waals surface area contributed by atoms with E-state index < -0.39 is 5.60 Å². The van der Waals surface area contributed by atoms with Gasteiger partial charge >= 0.3 is 5.97 Å². The Morgan fingerprint density at radius 2 is 2.00 bits per heavy atom. The largest absolute Gasteiger partial charge is 0.486 e. The molecule has 5 rings (SSSR count). The molecule has 9 heteroatoms. The number of carbonyl (C=O) groups excluding carboxylic acids is 2. The second-order valence-electron chi connectivity index (χ2n) is 10.4. The van der Waals surface area contributed by atoms with Crippen LogP contribution in [0.2, 0.25) is 0 Å². The summed E-state index contributed by atoms with van der Waals surface area (Å²) in [5.74, 6) is 1.55. The zero-order valence-corrected chi connectivity index (χ0v) is 21.9. The molecule has 1 aromatic carbocycles. The fourth-order valence-corrected chi connectivity index (χ4v) is 4.79. The predicted molar refractivity (Wildman–Crippen MR) is 141 cm³/mol. The zero-order chi connectivity index (χ0) is 26.5. The number of cyclic esters (lactones) is 1. The molecule has 0 bridgehead atoms. The third kappa shape index (κ3) is 4.59. The van der Waals surface area contributed by atoms with Crippen LogP contribution >= 0.6 is 0 Å². The molecule has 0 radical (unpaired) electrons. The third-order valence-corrected chi connectivity index (χ3v) is 7.53. The second-order valence-corrected chi connectivity index (χ2v) is 10.4. The van der Waals surface area contributed by atoms with Gasteiger partial charge in [-0.2, -0.15) is 0 Å². The van der Waals surface area contributed by atoms with Gasteiger partial charge in [0.25, 0.3) is 0 Å². The molecule has 1 fully saturated rings. The van der Waals surface area contributed by atoms with E-state index >= 15 is 0 Å². The van der Waals surface area contributed by atoms with Crippen LogP contribution in [-0.2, 0) is 9.53 Å². The lowest BCUT2D eigenvalue weighted by atomic mass is 9.84. The van der Waals surface area contributed by atoms with E-state index in [0.29, 0.717) is 36.0 Å². The number of nitrogens with two attached hydrogens (primary N) is 1.